The van der Waals surface area contributed by atoms with Gasteiger partial charge in [0.15, 0.2) is 18.7 Å². The molecule has 0 bridgehead atoms. The first-order valence-electron chi connectivity index (χ1n) is 17.9. The van der Waals surface area contributed by atoms with Gasteiger partial charge in [-0.25, -0.2) is 23.5 Å². The third kappa shape index (κ3) is 10.4. The normalized spacial score (nSPS) is 32.2. The number of nitrogens with one attached hydrogen (secondary N) is 2. The second kappa shape index (κ2) is 19.4. The van der Waals surface area contributed by atoms with E-state index in [9.17, 15) is 43.1 Å². The van der Waals surface area contributed by atoms with Crippen LogP contribution in [-0.2, 0) is 60.4 Å². The zero-order valence-electron chi connectivity index (χ0n) is 32.5. The number of anilines is 1. The van der Waals surface area contributed by atoms with Crippen molar-refractivity contribution in [3.05, 3.63) is 89.0 Å². The van der Waals surface area contributed by atoms with Crippen LogP contribution in [0.5, 0.6) is 0 Å². The monoisotopic (exact) mass is 927 g/mol. The van der Waals surface area contributed by atoms with Gasteiger partial charge in [0.2, 0.25) is 0 Å². The quantitative estimate of drug-likeness (QED) is 0.0573. The fourth-order valence-electron chi connectivity index (χ4n) is 6.97. The highest BCUT2D eigenvalue weighted by atomic mass is 32.7. The number of phosphoric acid groups is 1. The summed E-state index contributed by atoms with van der Waals surface area (Å²) in [4.78, 5) is 80.3. The van der Waals surface area contributed by atoms with Crippen LogP contribution in [-0.4, -0.2) is 142 Å². The van der Waals surface area contributed by atoms with Crippen molar-refractivity contribution < 1.29 is 70.4 Å². The number of phosphoric ester groups is 1. The van der Waals surface area contributed by atoms with Crippen LogP contribution >= 0.6 is 26.9 Å². The molecule has 6 heterocycles. The van der Waals surface area contributed by atoms with Crippen molar-refractivity contribution in [2.24, 2.45) is 0 Å². The van der Waals surface area contributed by atoms with E-state index in [0.29, 0.717) is 0 Å². The van der Waals surface area contributed by atoms with E-state index in [-0.39, 0.29) is 12.4 Å². The van der Waals surface area contributed by atoms with Gasteiger partial charge in [-0.15, -0.1) is 0 Å². The third-order valence-corrected chi connectivity index (χ3v) is 12.3. The summed E-state index contributed by atoms with van der Waals surface area (Å²) in [5.41, 5.74) is 1.51. The number of aromatic amines is 2. The number of aliphatic hydroxyl groups is 1. The highest BCUT2D eigenvalue weighted by Crippen LogP contribution is 2.57. The number of ether oxygens (including phenoxy) is 7. The van der Waals surface area contributed by atoms with Crippen LogP contribution in [0.2, 0.25) is 0 Å². The highest BCUT2D eigenvalue weighted by Gasteiger charge is 2.54. The van der Waals surface area contributed by atoms with E-state index in [1.807, 2.05) is 0 Å². The van der Waals surface area contributed by atoms with Gasteiger partial charge < -0.3 is 48.9 Å². The maximum Gasteiger partial charge on any atom is 0.472 e. The number of rotatable bonds is 18. The summed E-state index contributed by atoms with van der Waals surface area (Å²) in [5.74, 6) is -0.0620. The van der Waals surface area contributed by atoms with Crippen molar-refractivity contribution >= 4 is 32.7 Å². The van der Waals surface area contributed by atoms with Gasteiger partial charge in [-0.05, 0) is 6.07 Å². The Balaban J connectivity index is 1.21. The Morgan fingerprint density at radius 3 is 1.69 bits per heavy atom. The molecule has 27 nitrogen and oxygen atoms in total. The van der Waals surface area contributed by atoms with Crippen molar-refractivity contribution in [1.82, 2.24) is 28.7 Å². The van der Waals surface area contributed by atoms with Crippen LogP contribution in [0.15, 0.2) is 60.8 Å². The van der Waals surface area contributed by atoms with Gasteiger partial charge in [0, 0.05) is 59.2 Å². The molecule has 0 radical (unpaired) electrons. The first-order chi connectivity index (χ1) is 28.9. The number of thiol groups is 1. The largest absolute Gasteiger partial charge is 0.472 e. The molecule has 3 fully saturated rings. The van der Waals surface area contributed by atoms with Crippen molar-refractivity contribution in [3.63, 3.8) is 0 Å². The molecule has 3 aromatic rings. The molecule has 0 aromatic carbocycles. The predicted molar refractivity (Wildman–Crippen MR) is 206 cm³/mol. The average molecular weight is 928 g/mol. The molecule has 14 atom stereocenters. The van der Waals surface area contributed by atoms with Gasteiger partial charge >= 0.3 is 31.7 Å². The molecule has 61 heavy (non-hydrogen) atoms. The minimum Gasteiger partial charge on any atom is -0.387 e. The molecule has 3 aromatic heterocycles. The van der Waals surface area contributed by atoms with Crippen LogP contribution in [0.1, 0.15) is 18.7 Å². The second-order valence-electron chi connectivity index (χ2n) is 13.5. The summed E-state index contributed by atoms with van der Waals surface area (Å²) in [6.45, 7) is -6.38. The van der Waals surface area contributed by atoms with Crippen molar-refractivity contribution in [1.29, 1.82) is 0 Å². The Kier molecular flexibility index (Phi) is 14.9. The second-order valence-corrected chi connectivity index (χ2v) is 17.8. The molecule has 0 saturated carbocycles. The highest BCUT2D eigenvalue weighted by molar-refractivity contribution is 8.44. The van der Waals surface area contributed by atoms with Crippen LogP contribution in [0, 0.1) is 0 Å². The Morgan fingerprint density at radius 2 is 1.18 bits per heavy atom. The van der Waals surface area contributed by atoms with Gasteiger partial charge in [0.1, 0.15) is 60.8 Å². The minimum absolute atomic E-state index is 0.0620. The molecular formula is C31H43N7O20P2S. The lowest BCUT2D eigenvalue weighted by molar-refractivity contribution is -0.0680. The van der Waals surface area contributed by atoms with Gasteiger partial charge in [-0.3, -0.25) is 51.4 Å². The van der Waals surface area contributed by atoms with Crippen LogP contribution in [0.4, 0.5) is 5.82 Å². The van der Waals surface area contributed by atoms with Gasteiger partial charge in [-0.1, -0.05) is 12.2 Å². The van der Waals surface area contributed by atoms with Crippen LogP contribution in [0.3, 0.4) is 0 Å². The Bertz CT molecular complexity index is 2410. The van der Waals surface area contributed by atoms with Crippen LogP contribution in [0.25, 0.3) is 0 Å². The number of hydrogen-bond acceptors (Lipinski definition) is 21. The molecule has 3 aliphatic rings. The molecule has 3 aliphatic heterocycles. The SMILES string of the molecule is COC[C@H]1O[C@@H](n2ccc(=O)[nH]c2=O)[C@@H](OC)C1OP(=O)(O)OC[C@H]1O[C@@H](n2ccc(=O)[nH]c2=O)[C@@H](OC)C1OP(=O)(S)OC[C@H]1O[C@@H](n2ccc(N)nc2=O)[C@@H](OC)C1O. The summed E-state index contributed by atoms with van der Waals surface area (Å²) < 4.78 is 91.9. The van der Waals surface area contributed by atoms with Gasteiger partial charge in [-0.2, -0.15) is 4.98 Å². The van der Waals surface area contributed by atoms with Crippen molar-refractivity contribution in [2.45, 2.75) is 73.6 Å². The number of hydrogen-bond donors (Lipinski definition) is 6. The Morgan fingerprint density at radius 1 is 0.705 bits per heavy atom. The smallest absolute Gasteiger partial charge is 0.387 e. The van der Waals surface area contributed by atoms with Crippen molar-refractivity contribution in [2.75, 3.05) is 54.0 Å². The maximum atomic E-state index is 13.9. The summed E-state index contributed by atoms with van der Waals surface area (Å²) in [6.07, 6.45) is -12.7. The lowest BCUT2D eigenvalue weighted by atomic mass is 10.1. The Labute approximate surface area is 347 Å². The van der Waals surface area contributed by atoms with Gasteiger partial charge in [0.05, 0.1) is 19.8 Å². The predicted octanol–water partition coefficient (Wildman–Crippen LogP) is -2.39. The van der Waals surface area contributed by atoms with E-state index >= 15 is 0 Å². The number of H-pyrrole nitrogens is 2. The number of methoxy groups -OCH3 is 4. The fraction of sp³-hybridized carbons (Fsp3) is 0.613. The molecule has 6 rings (SSSR count). The molecule has 0 aliphatic carbocycles. The zero-order chi connectivity index (χ0) is 44.4. The third-order valence-electron chi connectivity index (χ3n) is 9.72. The summed E-state index contributed by atoms with van der Waals surface area (Å²) >= 11 is 4.09. The summed E-state index contributed by atoms with van der Waals surface area (Å²) in [5, 5.41) is 11.0. The lowest BCUT2D eigenvalue weighted by Gasteiger charge is -2.27. The van der Waals surface area contributed by atoms with E-state index in [1.54, 1.807) is 0 Å². The summed E-state index contributed by atoms with van der Waals surface area (Å²) in [6, 6.07) is 3.38. The molecule has 30 heteroatoms. The lowest BCUT2D eigenvalue weighted by Crippen LogP contribution is -2.40. The summed E-state index contributed by atoms with van der Waals surface area (Å²) in [7, 11) is -0.242. The molecule has 5 unspecified atom stereocenters. The topological polar surface area (TPSA) is 347 Å². The number of aromatic nitrogens is 6. The van der Waals surface area contributed by atoms with E-state index in [0.717, 1.165) is 38.2 Å². The number of nitrogens with two attached hydrogens (primary N) is 1. The van der Waals surface area contributed by atoms with E-state index in [4.69, 9.17) is 57.0 Å². The van der Waals surface area contributed by atoms with E-state index in [2.05, 4.69) is 27.2 Å². The minimum atomic E-state index is -5.20. The first kappa shape index (κ1) is 46.8. The van der Waals surface area contributed by atoms with E-state index in [1.165, 1.54) is 40.7 Å². The molecule has 6 N–H and O–H groups in total. The molecular weight excluding hydrogens is 884 g/mol. The average Bonchev–Trinajstić information content (AvgIpc) is 3.82. The molecule has 3 saturated heterocycles. The molecule has 0 spiro atoms. The van der Waals surface area contributed by atoms with E-state index < -0.39 is 130 Å². The molecule has 338 valence electrons. The maximum absolute atomic E-state index is 13.9. The fourth-order valence-corrected chi connectivity index (χ4v) is 9.41. The van der Waals surface area contributed by atoms with Gasteiger partial charge in [0.25, 0.3) is 11.1 Å². The first-order valence-corrected chi connectivity index (χ1v) is 22.1. The number of nitrogen functional groups attached to an aromatic ring is 1. The molecule has 0 amide bonds. The number of aliphatic hydroxyl groups excluding tert-OH is 1. The Hall–Kier alpha value is -3.67. The number of nitrogens with zero attached hydrogens (tertiary/aromatic N) is 4. The zero-order valence-corrected chi connectivity index (χ0v) is 35.1. The van der Waals surface area contributed by atoms with Crippen LogP contribution < -0.4 is 33.9 Å². The van der Waals surface area contributed by atoms with Crippen molar-refractivity contribution in [3.8, 4) is 0 Å². The standard InChI is InChI=1S/C31H43N7O20P2S/c1-48-11-15-21(24(50-3)27(55-15)37-9-6-18(39)34-30(37)43)57-59(45,46)52-13-16-22(25(51-4)28(56-16)38-10-7-19(40)35-31(38)44)58-60(47,61)53-12-14-20(41)23(49-2)26(54-14)36-8-5-17(32)33-29(36)42/h5-10,14-16,20-28,41H,11-13H2,1-4H3,(H,45,46)(H,47,61)(H2,32,33,42)(H,34,39,43)(H,35,40,44)/t14-,15-,16-,20?,21?,22?,23+,24+,25+,26-,27-,28-,60?/m1/s1.